The zero-order chi connectivity index (χ0) is 23.0. The van der Waals surface area contributed by atoms with E-state index in [0.29, 0.717) is 12.2 Å². The first-order valence-electron chi connectivity index (χ1n) is 11.0. The lowest BCUT2D eigenvalue weighted by Crippen LogP contribution is -2.37. The number of rotatable bonds is 8. The highest BCUT2D eigenvalue weighted by atomic mass is 16.2. The van der Waals surface area contributed by atoms with Gasteiger partial charge in [0.05, 0.1) is 5.69 Å². The van der Waals surface area contributed by atoms with Crippen LogP contribution in [0, 0.1) is 0 Å². The molecular weight excluding hydrogens is 412 g/mol. The van der Waals surface area contributed by atoms with Crippen LogP contribution in [0.3, 0.4) is 0 Å². The van der Waals surface area contributed by atoms with Gasteiger partial charge in [0.1, 0.15) is 6.04 Å². The van der Waals surface area contributed by atoms with Gasteiger partial charge in [-0.2, -0.15) is 5.10 Å². The van der Waals surface area contributed by atoms with Crippen molar-refractivity contribution in [1.29, 1.82) is 0 Å². The second-order valence-corrected chi connectivity index (χ2v) is 7.87. The molecule has 1 atom stereocenters. The Bertz CT molecular complexity index is 1200. The van der Waals surface area contributed by atoms with E-state index in [1.165, 1.54) is 21.9 Å². The molecular formula is C27H26N4O2. The SMILES string of the molecule is CC(C(=O)NCCC(c1ccccc1)c1ccccc1)n1nc(-c2cccnc2)ccc1=O. The van der Waals surface area contributed by atoms with Crippen LogP contribution in [0.15, 0.2) is 102 Å². The van der Waals surface area contributed by atoms with Crippen LogP contribution in [-0.4, -0.2) is 27.2 Å². The average Bonchev–Trinajstić information content (AvgIpc) is 2.88. The Kier molecular flexibility index (Phi) is 7.05. The Morgan fingerprint density at radius 2 is 1.58 bits per heavy atom. The molecule has 2 heterocycles. The predicted molar refractivity (Wildman–Crippen MR) is 129 cm³/mol. The van der Waals surface area contributed by atoms with Crippen molar-refractivity contribution in [1.82, 2.24) is 20.1 Å². The number of hydrogen-bond donors (Lipinski definition) is 1. The van der Waals surface area contributed by atoms with Crippen LogP contribution in [0.25, 0.3) is 11.3 Å². The van der Waals surface area contributed by atoms with Gasteiger partial charge in [0.25, 0.3) is 5.56 Å². The van der Waals surface area contributed by atoms with E-state index in [1.54, 1.807) is 31.5 Å². The van der Waals surface area contributed by atoms with E-state index in [9.17, 15) is 9.59 Å². The number of amides is 1. The topological polar surface area (TPSA) is 76.9 Å². The normalized spacial score (nSPS) is 11.8. The Labute approximate surface area is 193 Å². The molecule has 0 spiro atoms. The molecule has 1 unspecified atom stereocenters. The lowest BCUT2D eigenvalue weighted by Gasteiger charge is -2.20. The fraction of sp³-hybridized carbons (Fsp3) is 0.185. The van der Waals surface area contributed by atoms with Gasteiger partial charge in [0.2, 0.25) is 5.91 Å². The van der Waals surface area contributed by atoms with Crippen molar-refractivity contribution in [3.05, 3.63) is 119 Å². The molecule has 0 aliphatic heterocycles. The van der Waals surface area contributed by atoms with Crippen molar-refractivity contribution in [3.63, 3.8) is 0 Å². The summed E-state index contributed by atoms with van der Waals surface area (Å²) in [5, 5.41) is 7.39. The maximum atomic E-state index is 12.9. The zero-order valence-corrected chi connectivity index (χ0v) is 18.5. The van der Waals surface area contributed by atoms with Crippen molar-refractivity contribution in [2.24, 2.45) is 0 Å². The van der Waals surface area contributed by atoms with E-state index in [1.807, 2.05) is 42.5 Å². The summed E-state index contributed by atoms with van der Waals surface area (Å²) in [5.74, 6) is -0.0782. The maximum Gasteiger partial charge on any atom is 0.267 e. The van der Waals surface area contributed by atoms with Crippen molar-refractivity contribution in [2.75, 3.05) is 6.54 Å². The summed E-state index contributed by atoms with van der Waals surface area (Å²) in [7, 11) is 0. The van der Waals surface area contributed by atoms with E-state index >= 15 is 0 Å². The van der Waals surface area contributed by atoms with Crippen LogP contribution in [0.1, 0.15) is 36.4 Å². The second kappa shape index (κ2) is 10.5. The van der Waals surface area contributed by atoms with Gasteiger partial charge in [-0.25, -0.2) is 4.68 Å². The number of hydrogen-bond acceptors (Lipinski definition) is 4. The summed E-state index contributed by atoms with van der Waals surface area (Å²) in [4.78, 5) is 29.4. The molecule has 2 aromatic heterocycles. The van der Waals surface area contributed by atoms with Crippen LogP contribution in [0.2, 0.25) is 0 Å². The largest absolute Gasteiger partial charge is 0.354 e. The minimum atomic E-state index is -0.735. The van der Waals surface area contributed by atoms with Gasteiger partial charge in [-0.3, -0.25) is 14.6 Å². The van der Waals surface area contributed by atoms with Crippen molar-refractivity contribution in [2.45, 2.75) is 25.3 Å². The third-order valence-corrected chi connectivity index (χ3v) is 5.66. The third-order valence-electron chi connectivity index (χ3n) is 5.66. The monoisotopic (exact) mass is 438 g/mol. The molecule has 0 bridgehead atoms. The minimum Gasteiger partial charge on any atom is -0.354 e. The first-order valence-corrected chi connectivity index (χ1v) is 11.0. The highest BCUT2D eigenvalue weighted by Crippen LogP contribution is 2.27. The number of carbonyl (C=O) groups is 1. The highest BCUT2D eigenvalue weighted by Gasteiger charge is 2.19. The fourth-order valence-electron chi connectivity index (χ4n) is 3.87. The van der Waals surface area contributed by atoms with E-state index in [-0.39, 0.29) is 17.4 Å². The summed E-state index contributed by atoms with van der Waals surface area (Å²) in [6.45, 7) is 2.16. The van der Waals surface area contributed by atoms with Gasteiger partial charge in [-0.15, -0.1) is 0 Å². The van der Waals surface area contributed by atoms with Crippen molar-refractivity contribution in [3.8, 4) is 11.3 Å². The molecule has 0 saturated carbocycles. The molecule has 166 valence electrons. The molecule has 1 amide bonds. The first kappa shape index (κ1) is 22.1. The number of nitrogens with one attached hydrogen (secondary N) is 1. The Morgan fingerprint density at radius 1 is 0.909 bits per heavy atom. The average molecular weight is 439 g/mol. The van der Waals surface area contributed by atoms with Gasteiger partial charge >= 0.3 is 0 Å². The Hall–Kier alpha value is -4.06. The van der Waals surface area contributed by atoms with Gasteiger partial charge in [-0.1, -0.05) is 60.7 Å². The number of pyridine rings is 1. The van der Waals surface area contributed by atoms with Gasteiger partial charge in [0, 0.05) is 36.5 Å². The lowest BCUT2D eigenvalue weighted by atomic mass is 9.88. The molecule has 4 rings (SSSR count). The number of benzene rings is 2. The van der Waals surface area contributed by atoms with Crippen LogP contribution < -0.4 is 10.9 Å². The summed E-state index contributed by atoms with van der Waals surface area (Å²) < 4.78 is 1.23. The number of aromatic nitrogens is 3. The van der Waals surface area contributed by atoms with E-state index in [4.69, 9.17) is 0 Å². The van der Waals surface area contributed by atoms with Crippen LogP contribution in [-0.2, 0) is 4.79 Å². The minimum absolute atomic E-state index is 0.165. The quantitative estimate of drug-likeness (QED) is 0.447. The lowest BCUT2D eigenvalue weighted by molar-refractivity contribution is -0.124. The molecule has 0 radical (unpaired) electrons. The van der Waals surface area contributed by atoms with Crippen LogP contribution in [0.4, 0.5) is 0 Å². The smallest absolute Gasteiger partial charge is 0.267 e. The Morgan fingerprint density at radius 3 is 2.18 bits per heavy atom. The predicted octanol–water partition coefficient (Wildman–Crippen LogP) is 4.20. The molecule has 6 heteroatoms. The van der Waals surface area contributed by atoms with Gasteiger partial charge in [-0.05, 0) is 42.7 Å². The van der Waals surface area contributed by atoms with Gasteiger partial charge in [0.15, 0.2) is 0 Å². The molecule has 0 saturated heterocycles. The molecule has 0 aliphatic rings. The molecule has 33 heavy (non-hydrogen) atoms. The van der Waals surface area contributed by atoms with E-state index in [0.717, 1.165) is 12.0 Å². The third kappa shape index (κ3) is 5.41. The van der Waals surface area contributed by atoms with Crippen molar-refractivity contribution < 1.29 is 4.79 Å². The van der Waals surface area contributed by atoms with Crippen LogP contribution >= 0.6 is 0 Å². The fourth-order valence-corrected chi connectivity index (χ4v) is 3.87. The molecule has 4 aromatic rings. The van der Waals surface area contributed by atoms with Crippen LogP contribution in [0.5, 0.6) is 0 Å². The number of carbonyl (C=O) groups excluding carboxylic acids is 1. The Balaban J connectivity index is 1.45. The highest BCUT2D eigenvalue weighted by molar-refractivity contribution is 5.79. The summed E-state index contributed by atoms with van der Waals surface area (Å²) in [6.07, 6.45) is 4.09. The molecule has 1 N–H and O–H groups in total. The summed E-state index contributed by atoms with van der Waals surface area (Å²) >= 11 is 0. The van der Waals surface area contributed by atoms with E-state index in [2.05, 4.69) is 39.7 Å². The second-order valence-electron chi connectivity index (χ2n) is 7.87. The van der Waals surface area contributed by atoms with Crippen molar-refractivity contribution >= 4 is 5.91 Å². The maximum absolute atomic E-state index is 12.9. The standard InChI is InChI=1S/C27H26N4O2/c1-20(31-26(32)15-14-25(30-31)23-13-8-17-28-19-23)27(33)29-18-16-24(21-9-4-2-5-10-21)22-11-6-3-7-12-22/h2-15,17,19-20,24H,16,18H2,1H3,(H,29,33). The molecule has 2 aromatic carbocycles. The number of nitrogens with zero attached hydrogens (tertiary/aromatic N) is 3. The molecule has 6 nitrogen and oxygen atoms in total. The summed E-state index contributed by atoms with van der Waals surface area (Å²) in [5.41, 5.74) is 3.46. The zero-order valence-electron chi connectivity index (χ0n) is 18.5. The molecule has 0 fully saturated rings. The molecule has 0 aliphatic carbocycles. The van der Waals surface area contributed by atoms with Gasteiger partial charge < -0.3 is 5.32 Å². The first-order chi connectivity index (χ1) is 16.1. The summed E-state index contributed by atoms with van der Waals surface area (Å²) in [6, 6.07) is 26.5. The van der Waals surface area contributed by atoms with E-state index < -0.39 is 6.04 Å².